The molecule has 9 heteroatoms. The molecule has 1 fully saturated rings. The van der Waals surface area contributed by atoms with E-state index in [2.05, 4.69) is 46.6 Å². The smallest absolute Gasteiger partial charge is 0.475 e. The molecule has 0 radical (unpaired) electrons. The Bertz CT molecular complexity index is 772. The lowest BCUT2D eigenvalue weighted by atomic mass is 10.0. The van der Waals surface area contributed by atoms with Crippen LogP contribution in [0.1, 0.15) is 62.8 Å². The molecule has 1 aromatic carbocycles. The van der Waals surface area contributed by atoms with Crippen LogP contribution >= 0.6 is 0 Å². The van der Waals surface area contributed by atoms with Crippen LogP contribution in [0, 0.1) is 0 Å². The van der Waals surface area contributed by atoms with Crippen LogP contribution < -0.4 is 5.32 Å². The predicted octanol–water partition coefficient (Wildman–Crippen LogP) is 4.96. The number of carboxylic acids is 1. The summed E-state index contributed by atoms with van der Waals surface area (Å²) < 4.78 is 37.1. The summed E-state index contributed by atoms with van der Waals surface area (Å²) in [6.07, 6.45) is 4.14. The fourth-order valence-electron chi connectivity index (χ4n) is 2.91. The van der Waals surface area contributed by atoms with Crippen LogP contribution in [0.5, 0.6) is 0 Å². The van der Waals surface area contributed by atoms with Crippen molar-refractivity contribution in [2.75, 3.05) is 13.1 Å². The van der Waals surface area contributed by atoms with Gasteiger partial charge in [-0.25, -0.2) is 4.79 Å². The van der Waals surface area contributed by atoms with E-state index < -0.39 is 12.1 Å². The molecular formula is C21H28F3N3O3. The Morgan fingerprint density at radius 3 is 2.27 bits per heavy atom. The third-order valence-corrected chi connectivity index (χ3v) is 4.85. The highest BCUT2D eigenvalue weighted by Gasteiger charge is 2.38. The molecule has 1 aliphatic heterocycles. The number of alkyl halides is 3. The maximum Gasteiger partial charge on any atom is 0.490 e. The molecule has 0 bridgehead atoms. The van der Waals surface area contributed by atoms with Crippen molar-refractivity contribution in [2.24, 2.45) is 0 Å². The molecule has 1 saturated heterocycles. The van der Waals surface area contributed by atoms with Gasteiger partial charge in [0.2, 0.25) is 11.7 Å². The van der Waals surface area contributed by atoms with E-state index in [1.165, 1.54) is 44.1 Å². The minimum absolute atomic E-state index is 0.392. The summed E-state index contributed by atoms with van der Waals surface area (Å²) in [5, 5.41) is 14.5. The maximum absolute atomic E-state index is 10.6. The van der Waals surface area contributed by atoms with Gasteiger partial charge >= 0.3 is 12.1 Å². The number of carboxylic acid groups (broad SMARTS) is 1. The lowest BCUT2D eigenvalue weighted by molar-refractivity contribution is -0.192. The molecule has 2 N–H and O–H groups in total. The molecule has 1 aromatic heterocycles. The number of nitrogens with one attached hydrogen (secondary N) is 1. The molecule has 0 aliphatic carbocycles. The molecule has 2 aromatic rings. The second-order valence-corrected chi connectivity index (χ2v) is 7.33. The van der Waals surface area contributed by atoms with Gasteiger partial charge < -0.3 is 14.9 Å². The Morgan fingerprint density at radius 2 is 1.73 bits per heavy atom. The van der Waals surface area contributed by atoms with E-state index in [-0.39, 0.29) is 0 Å². The number of aliphatic carboxylic acids is 1. The van der Waals surface area contributed by atoms with E-state index in [4.69, 9.17) is 14.4 Å². The topological polar surface area (TPSA) is 88.3 Å². The standard InChI is InChI=1S/C19H27N3O.C2HF3O2/c1-2-3-4-5-6-7-8-15-9-11-16(12-10-15)18-21-19(23-22-18)17-13-20-14-17;3-2(4,5)1(6)7/h9-12,17,20H,2-8,13-14H2,1H3;(H,6,7). The summed E-state index contributed by atoms with van der Waals surface area (Å²) in [5.74, 6) is -0.899. The van der Waals surface area contributed by atoms with Gasteiger partial charge in [-0.05, 0) is 18.4 Å². The van der Waals surface area contributed by atoms with Crippen molar-refractivity contribution in [3.8, 4) is 11.4 Å². The molecule has 166 valence electrons. The van der Waals surface area contributed by atoms with Gasteiger partial charge in [0, 0.05) is 18.7 Å². The molecule has 3 rings (SSSR count). The Morgan fingerprint density at radius 1 is 1.13 bits per heavy atom. The van der Waals surface area contributed by atoms with Crippen LogP contribution in [0.3, 0.4) is 0 Å². The van der Waals surface area contributed by atoms with Crippen molar-refractivity contribution in [1.29, 1.82) is 0 Å². The van der Waals surface area contributed by atoms with E-state index in [1.54, 1.807) is 0 Å². The van der Waals surface area contributed by atoms with E-state index in [0.717, 1.165) is 31.0 Å². The molecule has 0 atom stereocenters. The summed E-state index contributed by atoms with van der Waals surface area (Å²) in [4.78, 5) is 13.4. The maximum atomic E-state index is 10.6. The molecular weight excluding hydrogens is 399 g/mol. The molecule has 6 nitrogen and oxygen atoms in total. The minimum atomic E-state index is -5.08. The van der Waals surface area contributed by atoms with Crippen LogP contribution in [-0.4, -0.2) is 40.5 Å². The van der Waals surface area contributed by atoms with E-state index in [0.29, 0.717) is 11.7 Å². The summed E-state index contributed by atoms with van der Waals surface area (Å²) in [7, 11) is 0. The minimum Gasteiger partial charge on any atom is -0.475 e. The summed E-state index contributed by atoms with van der Waals surface area (Å²) in [6.45, 7) is 4.15. The average molecular weight is 427 g/mol. The zero-order valence-corrected chi connectivity index (χ0v) is 17.0. The molecule has 0 spiro atoms. The number of rotatable bonds is 9. The molecule has 2 heterocycles. The third-order valence-electron chi connectivity index (χ3n) is 4.85. The molecule has 1 aliphatic rings. The molecule has 0 saturated carbocycles. The van der Waals surface area contributed by atoms with Gasteiger partial charge in [-0.1, -0.05) is 68.4 Å². The molecule has 0 unspecified atom stereocenters. The molecule has 30 heavy (non-hydrogen) atoms. The number of benzene rings is 1. The van der Waals surface area contributed by atoms with E-state index in [9.17, 15) is 13.2 Å². The second kappa shape index (κ2) is 11.7. The summed E-state index contributed by atoms with van der Waals surface area (Å²) in [6, 6.07) is 8.62. The first kappa shape index (κ1) is 23.9. The van der Waals surface area contributed by atoms with Crippen molar-refractivity contribution in [2.45, 2.75) is 64.0 Å². The number of hydrogen-bond acceptors (Lipinski definition) is 5. The van der Waals surface area contributed by atoms with E-state index >= 15 is 0 Å². The zero-order valence-electron chi connectivity index (χ0n) is 17.0. The highest BCUT2D eigenvalue weighted by molar-refractivity contribution is 5.73. The number of carbonyl (C=O) groups is 1. The van der Waals surface area contributed by atoms with E-state index in [1.807, 2.05) is 0 Å². The predicted molar refractivity (Wildman–Crippen MR) is 106 cm³/mol. The lowest BCUT2D eigenvalue weighted by Crippen LogP contribution is -2.40. The van der Waals surface area contributed by atoms with Crippen LogP contribution in [0.4, 0.5) is 13.2 Å². The van der Waals surface area contributed by atoms with Gasteiger partial charge in [-0.2, -0.15) is 18.2 Å². The zero-order chi connectivity index (χ0) is 22.0. The largest absolute Gasteiger partial charge is 0.490 e. The van der Waals surface area contributed by atoms with Crippen LogP contribution in [0.15, 0.2) is 28.8 Å². The normalized spacial score (nSPS) is 14.0. The Hall–Kier alpha value is -2.42. The van der Waals surface area contributed by atoms with Gasteiger partial charge in [-0.15, -0.1) is 0 Å². The number of aromatic nitrogens is 2. The second-order valence-electron chi connectivity index (χ2n) is 7.33. The van der Waals surface area contributed by atoms with Gasteiger partial charge in [0.05, 0.1) is 5.92 Å². The fourth-order valence-corrected chi connectivity index (χ4v) is 2.91. The van der Waals surface area contributed by atoms with Crippen molar-refractivity contribution in [3.05, 3.63) is 35.7 Å². The lowest BCUT2D eigenvalue weighted by Gasteiger charge is -2.22. The number of hydrogen-bond donors (Lipinski definition) is 2. The van der Waals surface area contributed by atoms with Crippen LogP contribution in [0.2, 0.25) is 0 Å². The Balaban J connectivity index is 0.000000396. The first-order chi connectivity index (χ1) is 14.3. The van der Waals surface area contributed by atoms with Crippen molar-refractivity contribution >= 4 is 5.97 Å². The summed E-state index contributed by atoms with van der Waals surface area (Å²) >= 11 is 0. The Labute approximate surface area is 173 Å². The van der Waals surface area contributed by atoms with Gasteiger partial charge in [0.25, 0.3) is 0 Å². The van der Waals surface area contributed by atoms with Crippen LogP contribution in [0.25, 0.3) is 11.4 Å². The average Bonchev–Trinajstić information content (AvgIpc) is 3.13. The quantitative estimate of drug-likeness (QED) is 0.550. The van der Waals surface area contributed by atoms with Crippen molar-refractivity contribution in [3.63, 3.8) is 0 Å². The monoisotopic (exact) mass is 427 g/mol. The van der Waals surface area contributed by atoms with Gasteiger partial charge in [-0.3, -0.25) is 0 Å². The number of nitrogens with zero attached hydrogens (tertiary/aromatic N) is 2. The van der Waals surface area contributed by atoms with Crippen molar-refractivity contribution < 1.29 is 27.6 Å². The number of aryl methyl sites for hydroxylation is 1. The number of halogens is 3. The Kier molecular flexibility index (Phi) is 9.29. The van der Waals surface area contributed by atoms with Gasteiger partial charge in [0.15, 0.2) is 0 Å². The first-order valence-corrected chi connectivity index (χ1v) is 10.2. The molecule has 0 amide bonds. The number of unbranched alkanes of at least 4 members (excludes halogenated alkanes) is 5. The third kappa shape index (κ3) is 7.78. The van der Waals surface area contributed by atoms with Crippen molar-refractivity contribution in [1.82, 2.24) is 15.5 Å². The first-order valence-electron chi connectivity index (χ1n) is 10.2. The summed E-state index contributed by atoms with van der Waals surface area (Å²) in [5.41, 5.74) is 2.44. The SMILES string of the molecule is CCCCCCCCc1ccc(-c2noc(C3CNC3)n2)cc1.O=C(O)C(F)(F)F. The van der Waals surface area contributed by atoms with Gasteiger partial charge in [0.1, 0.15) is 0 Å². The fraction of sp³-hybridized carbons (Fsp3) is 0.571. The highest BCUT2D eigenvalue weighted by Crippen LogP contribution is 2.23. The van der Waals surface area contributed by atoms with Crippen LogP contribution in [-0.2, 0) is 11.2 Å². The highest BCUT2D eigenvalue weighted by atomic mass is 19.4.